The molecule has 2 aromatic rings. The second-order valence-electron chi connectivity index (χ2n) is 11.9. The van der Waals surface area contributed by atoms with Gasteiger partial charge in [-0.2, -0.15) is 0 Å². The Morgan fingerprint density at radius 3 is 1.95 bits per heavy atom. The molecule has 2 saturated heterocycles. The Hall–Kier alpha value is -3.94. The molecule has 42 heavy (non-hydrogen) atoms. The number of likely N-dealkylation sites (tertiary alicyclic amines) is 2. The van der Waals surface area contributed by atoms with Crippen molar-refractivity contribution < 1.29 is 28.5 Å². The van der Waals surface area contributed by atoms with Gasteiger partial charge in [-0.1, -0.05) is 36.4 Å². The summed E-state index contributed by atoms with van der Waals surface area (Å²) in [6.45, 7) is 3.48. The molecule has 0 unspecified atom stereocenters. The van der Waals surface area contributed by atoms with Crippen molar-refractivity contribution in [3.05, 3.63) is 65.8 Å². The SMILES string of the molecule is O=C([C@H]1[C@H](C=Cc2ccc3c(c2)OCO3)[C@H](C(=O)N2CCCCC2)C=C[C@@H]1c1ccc2c(c1)OCO2)N1CCCCC1. The fraction of sp³-hybridized carbons (Fsp3) is 0.471. The number of allylic oxidation sites excluding steroid dienone is 2. The van der Waals surface area contributed by atoms with Crippen molar-refractivity contribution in [2.75, 3.05) is 39.8 Å². The average Bonchev–Trinajstić information content (AvgIpc) is 3.72. The molecule has 4 atom stereocenters. The van der Waals surface area contributed by atoms with Crippen LogP contribution in [-0.4, -0.2) is 61.4 Å². The van der Waals surface area contributed by atoms with Gasteiger partial charge in [0.1, 0.15) is 0 Å². The van der Waals surface area contributed by atoms with Gasteiger partial charge in [0.15, 0.2) is 23.0 Å². The normalized spacial score (nSPS) is 26.6. The van der Waals surface area contributed by atoms with E-state index in [4.69, 9.17) is 18.9 Å². The standard InChI is InChI=1S/C34H38N2O6/c37-33(35-15-3-1-4-16-35)27-12-11-25(24-9-14-29-31(20-24)42-22-40-29)32(34(38)36-17-5-2-6-18-36)26(27)10-7-23-8-13-28-30(19-23)41-21-39-28/h7-14,19-20,25-27,32H,1-6,15-18,21-22H2/t25-,26-,27-,32-/m1/s1. The van der Waals surface area contributed by atoms with E-state index >= 15 is 0 Å². The average molecular weight is 571 g/mol. The van der Waals surface area contributed by atoms with Crippen molar-refractivity contribution in [1.29, 1.82) is 0 Å². The molecule has 4 heterocycles. The molecule has 0 N–H and O–H groups in total. The molecule has 0 aromatic heterocycles. The highest BCUT2D eigenvalue weighted by Crippen LogP contribution is 2.46. The van der Waals surface area contributed by atoms with E-state index in [1.807, 2.05) is 52.3 Å². The number of carbonyl (C=O) groups excluding carboxylic acids is 2. The summed E-state index contributed by atoms with van der Waals surface area (Å²) >= 11 is 0. The predicted molar refractivity (Wildman–Crippen MR) is 157 cm³/mol. The number of hydrogen-bond acceptors (Lipinski definition) is 6. The molecule has 1 aliphatic carbocycles. The zero-order chi connectivity index (χ0) is 28.5. The lowest BCUT2D eigenvalue weighted by molar-refractivity contribution is -0.142. The van der Waals surface area contributed by atoms with Crippen molar-refractivity contribution in [1.82, 2.24) is 9.80 Å². The summed E-state index contributed by atoms with van der Waals surface area (Å²) in [5, 5.41) is 0. The molecule has 0 saturated carbocycles. The van der Waals surface area contributed by atoms with Crippen LogP contribution in [0.5, 0.6) is 23.0 Å². The Labute approximate surface area is 246 Å². The van der Waals surface area contributed by atoms with E-state index in [0.29, 0.717) is 11.5 Å². The molecule has 2 fully saturated rings. The van der Waals surface area contributed by atoms with Gasteiger partial charge in [-0.3, -0.25) is 9.59 Å². The first-order chi connectivity index (χ1) is 20.7. The minimum atomic E-state index is -0.433. The van der Waals surface area contributed by atoms with Gasteiger partial charge < -0.3 is 28.7 Å². The van der Waals surface area contributed by atoms with Crippen molar-refractivity contribution in [3.8, 4) is 23.0 Å². The number of fused-ring (bicyclic) bond motifs is 2. The van der Waals surface area contributed by atoms with Crippen molar-refractivity contribution in [2.45, 2.75) is 44.4 Å². The van der Waals surface area contributed by atoms with Crippen LogP contribution in [0.25, 0.3) is 6.08 Å². The predicted octanol–water partition coefficient (Wildman–Crippen LogP) is 5.38. The third-order valence-electron chi connectivity index (χ3n) is 9.34. The van der Waals surface area contributed by atoms with Crippen LogP contribution >= 0.6 is 0 Å². The molecular formula is C34H38N2O6. The molecule has 220 valence electrons. The summed E-state index contributed by atoms with van der Waals surface area (Å²) < 4.78 is 22.4. The maximum atomic E-state index is 14.5. The third-order valence-corrected chi connectivity index (χ3v) is 9.34. The van der Waals surface area contributed by atoms with Crippen molar-refractivity contribution in [3.63, 3.8) is 0 Å². The van der Waals surface area contributed by atoms with E-state index in [-0.39, 0.29) is 37.2 Å². The Kier molecular flexibility index (Phi) is 7.53. The van der Waals surface area contributed by atoms with E-state index in [9.17, 15) is 9.59 Å². The van der Waals surface area contributed by atoms with Gasteiger partial charge in [0.2, 0.25) is 25.4 Å². The molecule has 0 radical (unpaired) electrons. The number of ether oxygens (including phenoxy) is 4. The lowest BCUT2D eigenvalue weighted by Gasteiger charge is -2.42. The number of hydrogen-bond donors (Lipinski definition) is 0. The molecule has 2 amide bonds. The maximum Gasteiger partial charge on any atom is 0.231 e. The maximum absolute atomic E-state index is 14.5. The third kappa shape index (κ3) is 5.23. The van der Waals surface area contributed by atoms with Gasteiger partial charge in [0.25, 0.3) is 0 Å². The first-order valence-electron chi connectivity index (χ1n) is 15.4. The Balaban J connectivity index is 1.29. The lowest BCUT2D eigenvalue weighted by Crippen LogP contribution is -2.49. The zero-order valence-corrected chi connectivity index (χ0v) is 23.9. The zero-order valence-electron chi connectivity index (χ0n) is 23.9. The molecule has 4 aliphatic heterocycles. The highest BCUT2D eigenvalue weighted by atomic mass is 16.7. The van der Waals surface area contributed by atoms with Crippen LogP contribution in [-0.2, 0) is 9.59 Å². The first kappa shape index (κ1) is 26.9. The van der Waals surface area contributed by atoms with E-state index in [0.717, 1.165) is 87.3 Å². The number of rotatable bonds is 5. The van der Waals surface area contributed by atoms with Gasteiger partial charge in [-0.15, -0.1) is 0 Å². The second-order valence-corrected chi connectivity index (χ2v) is 11.9. The molecule has 7 rings (SSSR count). The van der Waals surface area contributed by atoms with Gasteiger partial charge in [-0.05, 0) is 73.9 Å². The smallest absolute Gasteiger partial charge is 0.231 e. The van der Waals surface area contributed by atoms with Gasteiger partial charge >= 0.3 is 0 Å². The van der Waals surface area contributed by atoms with Crippen LogP contribution in [0.1, 0.15) is 55.6 Å². The van der Waals surface area contributed by atoms with Gasteiger partial charge in [0, 0.05) is 38.0 Å². The highest BCUT2D eigenvalue weighted by Gasteiger charge is 2.45. The van der Waals surface area contributed by atoms with Crippen LogP contribution in [0.15, 0.2) is 54.6 Å². The minimum Gasteiger partial charge on any atom is -0.454 e. The van der Waals surface area contributed by atoms with Crippen LogP contribution in [0.3, 0.4) is 0 Å². The van der Waals surface area contributed by atoms with Gasteiger partial charge in [-0.25, -0.2) is 0 Å². The van der Waals surface area contributed by atoms with Crippen LogP contribution in [0.4, 0.5) is 0 Å². The number of benzene rings is 2. The summed E-state index contributed by atoms with van der Waals surface area (Å²) in [6.07, 6.45) is 14.7. The summed E-state index contributed by atoms with van der Waals surface area (Å²) in [4.78, 5) is 32.7. The van der Waals surface area contributed by atoms with E-state index in [1.165, 1.54) is 0 Å². The molecular weight excluding hydrogens is 532 g/mol. The second kappa shape index (κ2) is 11.7. The van der Waals surface area contributed by atoms with E-state index < -0.39 is 11.8 Å². The summed E-state index contributed by atoms with van der Waals surface area (Å²) in [5.74, 6) is 1.72. The molecule has 5 aliphatic rings. The topological polar surface area (TPSA) is 77.5 Å². The highest BCUT2D eigenvalue weighted by molar-refractivity contribution is 5.86. The summed E-state index contributed by atoms with van der Waals surface area (Å²) in [5.41, 5.74) is 1.94. The van der Waals surface area contributed by atoms with Crippen LogP contribution < -0.4 is 18.9 Å². The van der Waals surface area contributed by atoms with E-state index in [1.54, 1.807) is 0 Å². The molecule has 8 heteroatoms. The summed E-state index contributed by atoms with van der Waals surface area (Å²) in [7, 11) is 0. The van der Waals surface area contributed by atoms with Crippen molar-refractivity contribution in [2.24, 2.45) is 17.8 Å². The minimum absolute atomic E-state index is 0.117. The quantitative estimate of drug-likeness (QED) is 0.449. The molecule has 8 nitrogen and oxygen atoms in total. The van der Waals surface area contributed by atoms with Crippen LogP contribution in [0, 0.1) is 17.8 Å². The number of amides is 2. The molecule has 0 bridgehead atoms. The van der Waals surface area contributed by atoms with Crippen LogP contribution in [0.2, 0.25) is 0 Å². The monoisotopic (exact) mass is 570 g/mol. The number of carbonyl (C=O) groups is 2. The fourth-order valence-electron chi connectivity index (χ4n) is 7.08. The Bertz CT molecular complexity index is 1390. The molecule has 0 spiro atoms. The Morgan fingerprint density at radius 1 is 0.667 bits per heavy atom. The molecule has 2 aromatic carbocycles. The Morgan fingerprint density at radius 2 is 1.26 bits per heavy atom. The fourth-order valence-corrected chi connectivity index (χ4v) is 7.08. The summed E-state index contributed by atoms with van der Waals surface area (Å²) in [6, 6.07) is 11.8. The number of piperidine rings is 2. The van der Waals surface area contributed by atoms with E-state index in [2.05, 4.69) is 18.2 Å². The van der Waals surface area contributed by atoms with Crippen molar-refractivity contribution >= 4 is 17.9 Å². The van der Waals surface area contributed by atoms with Gasteiger partial charge in [0.05, 0.1) is 11.8 Å². The number of nitrogens with zero attached hydrogens (tertiary/aromatic N) is 2. The first-order valence-corrected chi connectivity index (χ1v) is 15.4. The lowest BCUT2D eigenvalue weighted by atomic mass is 9.66. The largest absolute Gasteiger partial charge is 0.454 e.